The number of aromatic nitrogens is 1. The van der Waals surface area contributed by atoms with E-state index in [0.29, 0.717) is 11.3 Å². The van der Waals surface area contributed by atoms with Crippen LogP contribution >= 0.6 is 11.8 Å². The van der Waals surface area contributed by atoms with Crippen molar-refractivity contribution in [3.63, 3.8) is 0 Å². The van der Waals surface area contributed by atoms with Crippen LogP contribution in [0.1, 0.15) is 32.7 Å². The maximum absolute atomic E-state index is 12.7. The Morgan fingerprint density at radius 2 is 1.79 bits per heavy atom. The highest BCUT2D eigenvalue weighted by molar-refractivity contribution is 7.98. The number of nitrogens with two attached hydrogens (primary N) is 1. The van der Waals surface area contributed by atoms with Crippen LogP contribution in [-0.2, 0) is 9.63 Å². The molecule has 0 radical (unpaired) electrons. The number of nitrogens with zero attached hydrogens (tertiary/aromatic N) is 3. The number of oxime groups is 1. The zero-order chi connectivity index (χ0) is 20.1. The largest absolute Gasteiger partial charge is 0.380 e. The van der Waals surface area contributed by atoms with E-state index in [1.54, 1.807) is 36.4 Å². The number of pyridine rings is 1. The number of hydrogen-bond donors (Lipinski definition) is 1. The third kappa shape index (κ3) is 3.89. The Hall–Kier alpha value is -3.20. The van der Waals surface area contributed by atoms with Gasteiger partial charge in [0.15, 0.2) is 5.84 Å². The van der Waals surface area contributed by atoms with E-state index >= 15 is 0 Å². The number of carbonyl (C=O) groups excluding carboxylic acids is 3. The second-order valence-corrected chi connectivity index (χ2v) is 6.93. The van der Waals surface area contributed by atoms with E-state index < -0.39 is 23.8 Å². The van der Waals surface area contributed by atoms with Crippen LogP contribution in [0.3, 0.4) is 0 Å². The van der Waals surface area contributed by atoms with Gasteiger partial charge in [-0.05, 0) is 42.7 Å². The summed E-state index contributed by atoms with van der Waals surface area (Å²) in [5.74, 6) is -1.32. The molecule has 0 saturated heterocycles. The lowest BCUT2D eigenvalue weighted by molar-refractivity contribution is -0.148. The predicted molar refractivity (Wildman–Crippen MR) is 105 cm³/mol. The monoisotopic (exact) mass is 398 g/mol. The van der Waals surface area contributed by atoms with E-state index in [4.69, 9.17) is 10.6 Å². The molecule has 8 nitrogen and oxygen atoms in total. The van der Waals surface area contributed by atoms with Crippen molar-refractivity contribution < 1.29 is 19.2 Å². The fourth-order valence-corrected chi connectivity index (χ4v) is 3.26. The van der Waals surface area contributed by atoms with E-state index in [1.807, 2.05) is 6.26 Å². The Kier molecular flexibility index (Phi) is 6.05. The van der Waals surface area contributed by atoms with Gasteiger partial charge in [-0.2, -0.15) is 11.8 Å². The van der Waals surface area contributed by atoms with Gasteiger partial charge >= 0.3 is 5.97 Å². The number of hydrogen-bond acceptors (Lipinski definition) is 7. The second-order valence-electron chi connectivity index (χ2n) is 5.95. The van der Waals surface area contributed by atoms with Crippen molar-refractivity contribution in [1.29, 1.82) is 0 Å². The molecule has 0 saturated carbocycles. The van der Waals surface area contributed by atoms with Crippen molar-refractivity contribution in [2.45, 2.75) is 12.5 Å². The SMILES string of the molecule is CSCC[C@H](C(=O)O/N=C(/N)c1ccncc1)N1C(=O)c2ccccc2C1=O. The number of fused-ring (bicyclic) bond motifs is 1. The molecule has 0 fully saturated rings. The van der Waals surface area contributed by atoms with Crippen molar-refractivity contribution in [2.24, 2.45) is 10.9 Å². The molecule has 2 amide bonds. The van der Waals surface area contributed by atoms with E-state index in [2.05, 4.69) is 10.1 Å². The average molecular weight is 398 g/mol. The Balaban J connectivity index is 1.82. The highest BCUT2D eigenvalue weighted by atomic mass is 32.2. The van der Waals surface area contributed by atoms with Crippen molar-refractivity contribution in [3.8, 4) is 0 Å². The van der Waals surface area contributed by atoms with Crippen LogP contribution in [0.15, 0.2) is 53.9 Å². The summed E-state index contributed by atoms with van der Waals surface area (Å²) < 4.78 is 0. The van der Waals surface area contributed by atoms with Crippen molar-refractivity contribution >= 4 is 35.4 Å². The molecule has 1 aromatic carbocycles. The molecule has 0 bridgehead atoms. The number of amidine groups is 1. The van der Waals surface area contributed by atoms with Crippen LogP contribution in [0.4, 0.5) is 0 Å². The summed E-state index contributed by atoms with van der Waals surface area (Å²) >= 11 is 1.49. The molecule has 1 atom stereocenters. The van der Waals surface area contributed by atoms with E-state index in [9.17, 15) is 14.4 Å². The first-order valence-electron chi connectivity index (χ1n) is 8.45. The molecular formula is C19H18N4O4S. The Morgan fingerprint density at radius 1 is 1.18 bits per heavy atom. The zero-order valence-corrected chi connectivity index (χ0v) is 15.9. The van der Waals surface area contributed by atoms with Crippen molar-refractivity contribution in [1.82, 2.24) is 9.88 Å². The van der Waals surface area contributed by atoms with Gasteiger partial charge in [0.05, 0.1) is 11.1 Å². The zero-order valence-electron chi connectivity index (χ0n) is 15.1. The van der Waals surface area contributed by atoms with Crippen molar-refractivity contribution in [3.05, 3.63) is 65.5 Å². The first kappa shape index (κ1) is 19.6. The van der Waals surface area contributed by atoms with E-state index in [-0.39, 0.29) is 23.4 Å². The summed E-state index contributed by atoms with van der Waals surface area (Å²) in [6.45, 7) is 0. The van der Waals surface area contributed by atoms with Crippen LogP contribution in [0, 0.1) is 0 Å². The maximum Gasteiger partial charge on any atom is 0.357 e. The summed E-state index contributed by atoms with van der Waals surface area (Å²) in [4.78, 5) is 47.9. The third-order valence-electron chi connectivity index (χ3n) is 4.21. The number of carbonyl (C=O) groups is 3. The molecule has 0 unspecified atom stereocenters. The molecule has 3 rings (SSSR count). The van der Waals surface area contributed by atoms with Gasteiger partial charge in [-0.3, -0.25) is 19.5 Å². The molecule has 0 spiro atoms. The molecule has 1 aromatic heterocycles. The minimum Gasteiger partial charge on any atom is -0.380 e. The highest BCUT2D eigenvalue weighted by Crippen LogP contribution is 2.26. The normalized spacial score (nSPS) is 14.8. The minimum atomic E-state index is -1.09. The molecule has 0 aliphatic carbocycles. The predicted octanol–water partition coefficient (Wildman–Crippen LogP) is 1.66. The fourth-order valence-electron chi connectivity index (χ4n) is 2.80. The lowest BCUT2D eigenvalue weighted by Gasteiger charge is -2.23. The third-order valence-corrected chi connectivity index (χ3v) is 4.86. The maximum atomic E-state index is 12.7. The fraction of sp³-hybridized carbons (Fsp3) is 0.211. The van der Waals surface area contributed by atoms with E-state index in [1.165, 1.54) is 24.2 Å². The molecule has 144 valence electrons. The van der Waals surface area contributed by atoms with Crippen LogP contribution in [0.2, 0.25) is 0 Å². The average Bonchev–Trinajstić information content (AvgIpc) is 2.98. The molecule has 2 heterocycles. The van der Waals surface area contributed by atoms with Gasteiger partial charge in [-0.15, -0.1) is 0 Å². The molecule has 2 N–H and O–H groups in total. The van der Waals surface area contributed by atoms with Crippen LogP contribution in [0.25, 0.3) is 0 Å². The standard InChI is InChI=1S/C19H18N4O4S/c1-28-11-8-15(19(26)27-22-16(20)12-6-9-21-10-7-12)23-17(24)13-4-2-3-5-14(13)18(23)25/h2-7,9-10,15H,8,11H2,1H3,(H2,20,22)/t15-/m1/s1. The summed E-state index contributed by atoms with van der Waals surface area (Å²) in [6.07, 6.45) is 5.17. The van der Waals surface area contributed by atoms with Crippen molar-refractivity contribution in [2.75, 3.05) is 12.0 Å². The molecule has 9 heteroatoms. The van der Waals surface area contributed by atoms with Gasteiger partial charge in [-0.25, -0.2) is 4.79 Å². The van der Waals surface area contributed by atoms with Crippen LogP contribution < -0.4 is 5.73 Å². The van der Waals surface area contributed by atoms with Gasteiger partial charge in [0.1, 0.15) is 6.04 Å². The van der Waals surface area contributed by atoms with Gasteiger partial charge in [0.25, 0.3) is 11.8 Å². The number of imide groups is 1. The van der Waals surface area contributed by atoms with Gasteiger partial charge < -0.3 is 10.6 Å². The first-order valence-corrected chi connectivity index (χ1v) is 9.84. The smallest absolute Gasteiger partial charge is 0.357 e. The molecule has 1 aliphatic heterocycles. The topological polar surface area (TPSA) is 115 Å². The summed E-state index contributed by atoms with van der Waals surface area (Å²) in [7, 11) is 0. The van der Waals surface area contributed by atoms with Gasteiger partial charge in [0, 0.05) is 18.0 Å². The van der Waals surface area contributed by atoms with Gasteiger partial charge in [-0.1, -0.05) is 17.3 Å². The summed E-state index contributed by atoms with van der Waals surface area (Å²) in [5, 5.41) is 3.65. The molecule has 2 aromatic rings. The minimum absolute atomic E-state index is 0.0123. The Morgan fingerprint density at radius 3 is 2.36 bits per heavy atom. The number of thioether (sulfide) groups is 1. The lowest BCUT2D eigenvalue weighted by Crippen LogP contribution is -2.45. The first-order chi connectivity index (χ1) is 13.5. The highest BCUT2D eigenvalue weighted by Gasteiger charge is 2.43. The number of rotatable bonds is 7. The second kappa shape index (κ2) is 8.66. The summed E-state index contributed by atoms with van der Waals surface area (Å²) in [5.41, 5.74) is 6.89. The van der Waals surface area contributed by atoms with E-state index in [0.717, 1.165) is 4.90 Å². The van der Waals surface area contributed by atoms with Gasteiger partial charge in [0.2, 0.25) is 0 Å². The Labute approximate surface area is 165 Å². The van der Waals surface area contributed by atoms with Crippen LogP contribution in [0.5, 0.6) is 0 Å². The number of amides is 2. The molecular weight excluding hydrogens is 380 g/mol. The number of benzene rings is 1. The quantitative estimate of drug-likeness (QED) is 0.248. The molecule has 28 heavy (non-hydrogen) atoms. The van der Waals surface area contributed by atoms with Crippen LogP contribution in [-0.4, -0.2) is 51.6 Å². The summed E-state index contributed by atoms with van der Waals surface area (Å²) in [6, 6.07) is 8.60. The lowest BCUT2D eigenvalue weighted by atomic mass is 10.1. The molecule has 1 aliphatic rings. The Bertz CT molecular complexity index is 898.